The second kappa shape index (κ2) is 5.17. The summed E-state index contributed by atoms with van der Waals surface area (Å²) in [5.74, 6) is -0.0129. The third-order valence-corrected chi connectivity index (χ3v) is 3.50. The number of rotatable bonds is 2. The van der Waals surface area contributed by atoms with Gasteiger partial charge < -0.3 is 10.6 Å². The van der Waals surface area contributed by atoms with E-state index in [0.29, 0.717) is 11.3 Å². The second-order valence-corrected chi connectivity index (χ2v) is 4.81. The number of para-hydroxylation sites is 1. The minimum Gasteiger partial charge on any atom is -0.372 e. The van der Waals surface area contributed by atoms with Crippen molar-refractivity contribution in [2.75, 3.05) is 11.9 Å². The molecule has 2 aromatic rings. The highest BCUT2D eigenvalue weighted by Crippen LogP contribution is 2.27. The fourth-order valence-electron chi connectivity index (χ4n) is 2.47. The molecule has 5 heteroatoms. The van der Waals surface area contributed by atoms with Crippen LogP contribution in [0.3, 0.4) is 0 Å². The van der Waals surface area contributed by atoms with Crippen molar-refractivity contribution < 1.29 is 4.79 Å². The summed E-state index contributed by atoms with van der Waals surface area (Å²) in [5, 5.41) is 16.2. The van der Waals surface area contributed by atoms with Gasteiger partial charge in [-0.15, -0.1) is 0 Å². The SMILES string of the molecule is N#Cc1cnc2ccccc2c1NC1CCCNC1=O. The summed E-state index contributed by atoms with van der Waals surface area (Å²) in [6.45, 7) is 0.721. The third-order valence-electron chi connectivity index (χ3n) is 3.50. The average molecular weight is 266 g/mol. The minimum atomic E-state index is -0.290. The molecular weight excluding hydrogens is 252 g/mol. The van der Waals surface area contributed by atoms with Crippen molar-refractivity contribution in [2.24, 2.45) is 0 Å². The van der Waals surface area contributed by atoms with E-state index in [1.54, 1.807) is 6.20 Å². The Balaban J connectivity index is 2.05. The maximum Gasteiger partial charge on any atom is 0.242 e. The van der Waals surface area contributed by atoms with Crippen LogP contribution in [0.4, 0.5) is 5.69 Å². The second-order valence-electron chi connectivity index (χ2n) is 4.81. The van der Waals surface area contributed by atoms with E-state index >= 15 is 0 Å². The molecule has 0 saturated carbocycles. The first-order chi connectivity index (χ1) is 9.79. The number of nitriles is 1. The summed E-state index contributed by atoms with van der Waals surface area (Å²) < 4.78 is 0. The predicted octanol–water partition coefficient (Wildman–Crippen LogP) is 1.80. The van der Waals surface area contributed by atoms with Gasteiger partial charge in [-0.1, -0.05) is 18.2 Å². The number of benzene rings is 1. The number of carbonyl (C=O) groups is 1. The lowest BCUT2D eigenvalue weighted by Crippen LogP contribution is -2.44. The van der Waals surface area contributed by atoms with Crippen molar-refractivity contribution in [2.45, 2.75) is 18.9 Å². The molecule has 1 saturated heterocycles. The van der Waals surface area contributed by atoms with Gasteiger partial charge in [-0.05, 0) is 18.9 Å². The topological polar surface area (TPSA) is 77.8 Å². The van der Waals surface area contributed by atoms with E-state index in [1.807, 2.05) is 24.3 Å². The predicted molar refractivity (Wildman–Crippen MR) is 76.1 cm³/mol. The van der Waals surface area contributed by atoms with Crippen LogP contribution in [-0.2, 0) is 4.79 Å². The maximum atomic E-state index is 11.9. The van der Waals surface area contributed by atoms with Gasteiger partial charge in [0.15, 0.2) is 0 Å². The molecule has 20 heavy (non-hydrogen) atoms. The molecule has 1 aliphatic rings. The normalized spacial score (nSPS) is 18.4. The highest BCUT2D eigenvalue weighted by molar-refractivity contribution is 5.96. The van der Waals surface area contributed by atoms with E-state index in [9.17, 15) is 10.1 Å². The summed E-state index contributed by atoms with van der Waals surface area (Å²) in [6.07, 6.45) is 3.26. The Morgan fingerprint density at radius 3 is 3.05 bits per heavy atom. The molecule has 2 N–H and O–H groups in total. The first kappa shape index (κ1) is 12.4. The van der Waals surface area contributed by atoms with Crippen molar-refractivity contribution in [1.29, 1.82) is 5.26 Å². The first-order valence-corrected chi connectivity index (χ1v) is 6.61. The summed E-state index contributed by atoms with van der Waals surface area (Å²) in [7, 11) is 0. The highest BCUT2D eigenvalue weighted by Gasteiger charge is 2.23. The number of hydrogen-bond donors (Lipinski definition) is 2. The van der Waals surface area contributed by atoms with Crippen molar-refractivity contribution in [3.8, 4) is 6.07 Å². The Bertz CT molecular complexity index is 705. The van der Waals surface area contributed by atoms with Gasteiger partial charge in [-0.25, -0.2) is 0 Å². The zero-order chi connectivity index (χ0) is 13.9. The molecule has 0 aliphatic carbocycles. The Hall–Kier alpha value is -2.61. The number of carbonyl (C=O) groups excluding carboxylic acids is 1. The van der Waals surface area contributed by atoms with Crippen molar-refractivity contribution in [3.05, 3.63) is 36.0 Å². The van der Waals surface area contributed by atoms with E-state index in [2.05, 4.69) is 21.7 Å². The van der Waals surface area contributed by atoms with Gasteiger partial charge in [0.1, 0.15) is 12.1 Å². The highest BCUT2D eigenvalue weighted by atomic mass is 16.2. The molecule has 0 radical (unpaired) electrons. The zero-order valence-electron chi connectivity index (χ0n) is 10.9. The van der Waals surface area contributed by atoms with E-state index in [0.717, 1.165) is 30.3 Å². The smallest absolute Gasteiger partial charge is 0.242 e. The van der Waals surface area contributed by atoms with Gasteiger partial charge in [0.05, 0.1) is 16.8 Å². The number of piperidine rings is 1. The van der Waals surface area contributed by atoms with Crippen LogP contribution in [0, 0.1) is 11.3 Å². The lowest BCUT2D eigenvalue weighted by molar-refractivity contribution is -0.123. The van der Waals surface area contributed by atoms with Crippen LogP contribution in [-0.4, -0.2) is 23.5 Å². The van der Waals surface area contributed by atoms with Crippen LogP contribution in [0.2, 0.25) is 0 Å². The number of hydrogen-bond acceptors (Lipinski definition) is 4. The maximum absolute atomic E-state index is 11.9. The number of pyridine rings is 1. The number of nitrogens with one attached hydrogen (secondary N) is 2. The molecule has 1 atom stereocenters. The van der Waals surface area contributed by atoms with E-state index in [-0.39, 0.29) is 11.9 Å². The average Bonchev–Trinajstić information content (AvgIpc) is 2.50. The number of aromatic nitrogens is 1. The minimum absolute atomic E-state index is 0.0129. The third kappa shape index (κ3) is 2.16. The molecule has 1 aliphatic heterocycles. The summed E-state index contributed by atoms with van der Waals surface area (Å²) >= 11 is 0. The summed E-state index contributed by atoms with van der Waals surface area (Å²) in [5.41, 5.74) is 1.97. The van der Waals surface area contributed by atoms with Crippen LogP contribution in [0.5, 0.6) is 0 Å². The summed E-state index contributed by atoms with van der Waals surface area (Å²) in [6, 6.07) is 9.45. The molecule has 2 heterocycles. The molecule has 100 valence electrons. The lowest BCUT2D eigenvalue weighted by Gasteiger charge is -2.24. The van der Waals surface area contributed by atoms with Crippen LogP contribution >= 0.6 is 0 Å². The van der Waals surface area contributed by atoms with Crippen molar-refractivity contribution >= 4 is 22.5 Å². The molecule has 0 bridgehead atoms. The van der Waals surface area contributed by atoms with Crippen LogP contribution in [0.15, 0.2) is 30.5 Å². The van der Waals surface area contributed by atoms with Gasteiger partial charge in [-0.3, -0.25) is 9.78 Å². The Labute approximate surface area is 116 Å². The van der Waals surface area contributed by atoms with Gasteiger partial charge in [0.25, 0.3) is 0 Å². The van der Waals surface area contributed by atoms with Crippen LogP contribution in [0.1, 0.15) is 18.4 Å². The van der Waals surface area contributed by atoms with Gasteiger partial charge in [0, 0.05) is 18.1 Å². The van der Waals surface area contributed by atoms with Crippen molar-refractivity contribution in [3.63, 3.8) is 0 Å². The summed E-state index contributed by atoms with van der Waals surface area (Å²) in [4.78, 5) is 16.1. The molecule has 1 unspecified atom stereocenters. The fourth-order valence-corrected chi connectivity index (χ4v) is 2.47. The van der Waals surface area contributed by atoms with E-state index < -0.39 is 0 Å². The molecule has 1 amide bonds. The Morgan fingerprint density at radius 2 is 2.25 bits per heavy atom. The molecule has 1 fully saturated rings. The monoisotopic (exact) mass is 266 g/mol. The molecule has 0 spiro atoms. The van der Waals surface area contributed by atoms with Crippen molar-refractivity contribution in [1.82, 2.24) is 10.3 Å². The number of anilines is 1. The zero-order valence-corrected chi connectivity index (χ0v) is 10.9. The molecule has 1 aromatic heterocycles. The standard InChI is InChI=1S/C15H14N4O/c16-8-10-9-18-12-5-2-1-4-11(12)14(10)19-13-6-3-7-17-15(13)20/h1-2,4-5,9,13H,3,6-7H2,(H,17,20)(H,18,19). The van der Waals surface area contributed by atoms with Crippen LogP contribution in [0.25, 0.3) is 10.9 Å². The Morgan fingerprint density at radius 1 is 1.40 bits per heavy atom. The molecule has 3 rings (SSSR count). The van der Waals surface area contributed by atoms with Gasteiger partial charge in [0.2, 0.25) is 5.91 Å². The number of nitrogens with zero attached hydrogens (tertiary/aromatic N) is 2. The largest absolute Gasteiger partial charge is 0.372 e. The first-order valence-electron chi connectivity index (χ1n) is 6.61. The number of amides is 1. The van der Waals surface area contributed by atoms with E-state index in [1.165, 1.54) is 0 Å². The Kier molecular flexibility index (Phi) is 3.21. The van der Waals surface area contributed by atoms with Gasteiger partial charge >= 0.3 is 0 Å². The van der Waals surface area contributed by atoms with E-state index in [4.69, 9.17) is 0 Å². The fraction of sp³-hybridized carbons (Fsp3) is 0.267. The van der Waals surface area contributed by atoms with Crippen LogP contribution < -0.4 is 10.6 Å². The molecule has 5 nitrogen and oxygen atoms in total. The van der Waals surface area contributed by atoms with Gasteiger partial charge in [-0.2, -0.15) is 5.26 Å². The lowest BCUT2D eigenvalue weighted by atomic mass is 10.0. The number of fused-ring (bicyclic) bond motifs is 1. The molecule has 1 aromatic carbocycles. The quantitative estimate of drug-likeness (QED) is 0.868. The molecular formula is C15H14N4O.